The van der Waals surface area contributed by atoms with E-state index in [1.54, 1.807) is 18.2 Å². The van der Waals surface area contributed by atoms with Crippen LogP contribution >= 0.6 is 23.2 Å². The lowest BCUT2D eigenvalue weighted by Crippen LogP contribution is -2.15. The maximum atomic E-state index is 13.1. The Hall–Kier alpha value is -1.85. The van der Waals surface area contributed by atoms with E-state index in [0.717, 1.165) is 12.3 Å². The molecule has 0 fully saturated rings. The highest BCUT2D eigenvalue weighted by molar-refractivity contribution is 6.40. The molecule has 0 aliphatic carbocycles. The molecule has 1 aromatic heterocycles. The maximum absolute atomic E-state index is 13.1. The number of amides is 1. The van der Waals surface area contributed by atoms with Gasteiger partial charge < -0.3 is 11.1 Å². The van der Waals surface area contributed by atoms with Crippen LogP contribution in [-0.4, -0.2) is 10.9 Å². The minimum atomic E-state index is -0.662. The Labute approximate surface area is 118 Å². The normalized spacial score (nSPS) is 10.3. The Morgan fingerprint density at radius 2 is 1.95 bits per heavy atom. The summed E-state index contributed by atoms with van der Waals surface area (Å²) in [6.07, 6.45) is 0.925. The van der Waals surface area contributed by atoms with Crippen LogP contribution in [0.3, 0.4) is 0 Å². The number of hydrogen-bond acceptors (Lipinski definition) is 3. The Morgan fingerprint density at radius 3 is 2.58 bits per heavy atom. The van der Waals surface area contributed by atoms with Crippen LogP contribution in [0.4, 0.5) is 15.9 Å². The van der Waals surface area contributed by atoms with E-state index in [4.69, 9.17) is 28.9 Å². The number of benzene rings is 1. The zero-order valence-corrected chi connectivity index (χ0v) is 11.0. The van der Waals surface area contributed by atoms with E-state index >= 15 is 0 Å². The average molecular weight is 300 g/mol. The van der Waals surface area contributed by atoms with Gasteiger partial charge in [0.2, 0.25) is 0 Å². The minimum absolute atomic E-state index is 0.0814. The van der Waals surface area contributed by atoms with Gasteiger partial charge in [0.05, 0.1) is 27.5 Å². The van der Waals surface area contributed by atoms with Crippen molar-refractivity contribution >= 4 is 40.6 Å². The number of aromatic nitrogens is 1. The SMILES string of the molecule is Nc1ncc(F)cc1C(=O)Nc1c(Cl)cccc1Cl. The summed E-state index contributed by atoms with van der Waals surface area (Å²) in [6.45, 7) is 0. The fourth-order valence-electron chi connectivity index (χ4n) is 1.43. The first kappa shape index (κ1) is 13.6. The van der Waals surface area contributed by atoms with Gasteiger partial charge in [-0.2, -0.15) is 0 Å². The van der Waals surface area contributed by atoms with Gasteiger partial charge >= 0.3 is 0 Å². The van der Waals surface area contributed by atoms with Crippen molar-refractivity contribution in [3.8, 4) is 0 Å². The predicted molar refractivity (Wildman–Crippen MR) is 73.0 cm³/mol. The predicted octanol–water partition coefficient (Wildman–Crippen LogP) is 3.36. The second-order valence-corrected chi connectivity index (χ2v) is 4.45. The molecule has 7 heteroatoms. The van der Waals surface area contributed by atoms with Crippen molar-refractivity contribution in [2.75, 3.05) is 11.1 Å². The van der Waals surface area contributed by atoms with Crippen LogP contribution in [0, 0.1) is 5.82 Å². The number of para-hydroxylation sites is 1. The number of hydrogen-bond donors (Lipinski definition) is 2. The number of halogens is 3. The van der Waals surface area contributed by atoms with Crippen LogP contribution in [0.25, 0.3) is 0 Å². The molecule has 0 aliphatic heterocycles. The number of nitrogen functional groups attached to an aromatic ring is 1. The Bertz CT molecular complexity index is 629. The lowest BCUT2D eigenvalue weighted by Gasteiger charge is -2.10. The number of carbonyl (C=O) groups is 1. The van der Waals surface area contributed by atoms with E-state index in [1.165, 1.54) is 0 Å². The molecule has 2 rings (SSSR count). The molecular formula is C12H8Cl2FN3O. The number of pyridine rings is 1. The summed E-state index contributed by atoms with van der Waals surface area (Å²) in [5, 5.41) is 3.01. The van der Waals surface area contributed by atoms with Crippen LogP contribution < -0.4 is 11.1 Å². The quantitative estimate of drug-likeness (QED) is 0.893. The van der Waals surface area contributed by atoms with E-state index in [1.807, 2.05) is 0 Å². The summed E-state index contributed by atoms with van der Waals surface area (Å²) in [7, 11) is 0. The molecular weight excluding hydrogens is 292 g/mol. The van der Waals surface area contributed by atoms with E-state index in [-0.39, 0.29) is 27.1 Å². The first-order chi connectivity index (χ1) is 8.99. The van der Waals surface area contributed by atoms with Crippen molar-refractivity contribution < 1.29 is 9.18 Å². The summed E-state index contributed by atoms with van der Waals surface area (Å²) in [6, 6.07) is 5.76. The van der Waals surface area contributed by atoms with Crippen molar-refractivity contribution in [1.29, 1.82) is 0 Å². The summed E-state index contributed by atoms with van der Waals surface area (Å²) >= 11 is 11.8. The van der Waals surface area contributed by atoms with Crippen LogP contribution in [0.1, 0.15) is 10.4 Å². The van der Waals surface area contributed by atoms with Crippen LogP contribution in [0.2, 0.25) is 10.0 Å². The van der Waals surface area contributed by atoms with E-state index in [0.29, 0.717) is 0 Å². The molecule has 0 unspecified atom stereocenters. The lowest BCUT2D eigenvalue weighted by atomic mass is 10.2. The lowest BCUT2D eigenvalue weighted by molar-refractivity contribution is 0.102. The number of nitrogens with one attached hydrogen (secondary N) is 1. The van der Waals surface area contributed by atoms with Gasteiger partial charge in [-0.25, -0.2) is 9.37 Å². The molecule has 0 aliphatic rings. The Morgan fingerprint density at radius 1 is 1.32 bits per heavy atom. The van der Waals surface area contributed by atoms with Gasteiger partial charge in [0.25, 0.3) is 5.91 Å². The molecule has 4 nitrogen and oxygen atoms in total. The van der Waals surface area contributed by atoms with Crippen molar-refractivity contribution in [1.82, 2.24) is 4.98 Å². The average Bonchev–Trinajstić information content (AvgIpc) is 2.37. The zero-order chi connectivity index (χ0) is 14.0. The van der Waals surface area contributed by atoms with Crippen LogP contribution in [0.15, 0.2) is 30.5 Å². The summed E-state index contributed by atoms with van der Waals surface area (Å²) in [5.74, 6) is -1.38. The molecule has 0 saturated heterocycles. The van der Waals surface area contributed by atoms with E-state index in [9.17, 15) is 9.18 Å². The highest BCUT2D eigenvalue weighted by atomic mass is 35.5. The fourth-order valence-corrected chi connectivity index (χ4v) is 1.92. The fraction of sp³-hybridized carbons (Fsp3) is 0. The van der Waals surface area contributed by atoms with E-state index < -0.39 is 11.7 Å². The van der Waals surface area contributed by atoms with Gasteiger partial charge in [-0.3, -0.25) is 4.79 Å². The van der Waals surface area contributed by atoms with Crippen molar-refractivity contribution in [3.63, 3.8) is 0 Å². The third-order valence-electron chi connectivity index (χ3n) is 2.33. The van der Waals surface area contributed by atoms with Gasteiger partial charge in [-0.15, -0.1) is 0 Å². The smallest absolute Gasteiger partial charge is 0.259 e. The first-order valence-corrected chi connectivity index (χ1v) is 5.91. The number of rotatable bonds is 2. The molecule has 19 heavy (non-hydrogen) atoms. The van der Waals surface area contributed by atoms with Crippen LogP contribution in [0.5, 0.6) is 0 Å². The number of anilines is 2. The second-order valence-electron chi connectivity index (χ2n) is 3.64. The minimum Gasteiger partial charge on any atom is -0.383 e. The second kappa shape index (κ2) is 5.42. The molecule has 0 saturated carbocycles. The number of nitrogens with zero attached hydrogens (tertiary/aromatic N) is 1. The first-order valence-electron chi connectivity index (χ1n) is 5.15. The molecule has 0 atom stereocenters. The highest BCUT2D eigenvalue weighted by Gasteiger charge is 2.15. The third kappa shape index (κ3) is 2.94. The van der Waals surface area contributed by atoms with Gasteiger partial charge in [-0.1, -0.05) is 29.3 Å². The molecule has 1 amide bonds. The third-order valence-corrected chi connectivity index (χ3v) is 2.96. The van der Waals surface area contributed by atoms with Gasteiger partial charge in [-0.05, 0) is 18.2 Å². The number of carbonyl (C=O) groups excluding carboxylic acids is 1. The van der Waals surface area contributed by atoms with Gasteiger partial charge in [0.1, 0.15) is 11.6 Å². The summed E-state index contributed by atoms with van der Waals surface area (Å²) < 4.78 is 13.1. The van der Waals surface area contributed by atoms with Crippen LogP contribution in [-0.2, 0) is 0 Å². The zero-order valence-electron chi connectivity index (χ0n) is 9.45. The maximum Gasteiger partial charge on any atom is 0.259 e. The largest absolute Gasteiger partial charge is 0.383 e. The molecule has 2 aromatic rings. The van der Waals surface area contributed by atoms with E-state index in [2.05, 4.69) is 10.3 Å². The Kier molecular flexibility index (Phi) is 3.87. The number of nitrogens with two attached hydrogens (primary N) is 1. The standard InChI is InChI=1S/C12H8Cl2FN3O/c13-8-2-1-3-9(14)10(8)18-12(19)7-4-6(15)5-17-11(7)16/h1-5H,(H2,16,17)(H,18,19). The topological polar surface area (TPSA) is 68.0 Å². The molecule has 0 spiro atoms. The van der Waals surface area contributed by atoms with Gasteiger partial charge in [0, 0.05) is 0 Å². The van der Waals surface area contributed by atoms with Gasteiger partial charge in [0.15, 0.2) is 0 Å². The Balaban J connectivity index is 2.34. The summed E-state index contributed by atoms with van der Waals surface area (Å²) in [5.41, 5.74) is 5.66. The van der Waals surface area contributed by atoms with Crippen molar-refractivity contribution in [2.24, 2.45) is 0 Å². The molecule has 1 aromatic carbocycles. The molecule has 0 radical (unpaired) electrons. The molecule has 3 N–H and O–H groups in total. The van der Waals surface area contributed by atoms with Crippen molar-refractivity contribution in [3.05, 3.63) is 51.9 Å². The molecule has 1 heterocycles. The van der Waals surface area contributed by atoms with Crippen molar-refractivity contribution in [2.45, 2.75) is 0 Å². The summed E-state index contributed by atoms with van der Waals surface area (Å²) in [4.78, 5) is 15.5. The monoisotopic (exact) mass is 299 g/mol. The molecule has 98 valence electrons. The highest BCUT2D eigenvalue weighted by Crippen LogP contribution is 2.30. The molecule has 0 bridgehead atoms.